The van der Waals surface area contributed by atoms with E-state index in [1.54, 1.807) is 12.1 Å². The van der Waals surface area contributed by atoms with Crippen LogP contribution in [0.4, 0.5) is 4.39 Å². The van der Waals surface area contributed by atoms with Crippen LogP contribution in [0.1, 0.15) is 24.4 Å². The molecule has 0 aliphatic rings. The molecule has 0 spiro atoms. The lowest BCUT2D eigenvalue weighted by molar-refractivity contribution is 0.479. The molecule has 1 atom stereocenters. The molecule has 0 aliphatic carbocycles. The third-order valence-electron chi connectivity index (χ3n) is 2.55. The first-order chi connectivity index (χ1) is 8.33. The van der Waals surface area contributed by atoms with Gasteiger partial charge in [-0.05, 0) is 25.0 Å². The minimum Gasteiger partial charge on any atom is -0.271 e. The number of halogens is 2. The van der Waals surface area contributed by atoms with Gasteiger partial charge in [0.15, 0.2) is 0 Å². The zero-order valence-electron chi connectivity index (χ0n) is 9.99. The van der Waals surface area contributed by atoms with Crippen molar-refractivity contribution >= 4 is 25.8 Å². The summed E-state index contributed by atoms with van der Waals surface area (Å²) in [5, 5.41) is 0. The van der Waals surface area contributed by atoms with E-state index >= 15 is 0 Å². The first kappa shape index (κ1) is 15.6. The van der Waals surface area contributed by atoms with Crippen molar-refractivity contribution in [2.24, 2.45) is 5.84 Å². The largest absolute Gasteiger partial charge is 0.271 e. The van der Waals surface area contributed by atoms with E-state index in [9.17, 15) is 12.8 Å². The van der Waals surface area contributed by atoms with Gasteiger partial charge in [0.2, 0.25) is 0 Å². The highest BCUT2D eigenvalue weighted by molar-refractivity contribution is 9.10. The number of hydrogen-bond donors (Lipinski definition) is 2. The average molecular weight is 339 g/mol. The fourth-order valence-corrected chi connectivity index (χ4v) is 2.69. The topological polar surface area (TPSA) is 72.2 Å². The Morgan fingerprint density at radius 2 is 2.17 bits per heavy atom. The summed E-state index contributed by atoms with van der Waals surface area (Å²) in [7, 11) is -3.00. The molecule has 1 unspecified atom stereocenters. The smallest absolute Gasteiger partial charge is 0.147 e. The maximum absolute atomic E-state index is 13.7. The van der Waals surface area contributed by atoms with Gasteiger partial charge in [-0.1, -0.05) is 22.0 Å². The molecular weight excluding hydrogens is 323 g/mol. The number of rotatable bonds is 6. The van der Waals surface area contributed by atoms with E-state index in [2.05, 4.69) is 21.4 Å². The summed E-state index contributed by atoms with van der Waals surface area (Å²) >= 11 is 3.18. The lowest BCUT2D eigenvalue weighted by Gasteiger charge is -2.16. The van der Waals surface area contributed by atoms with Gasteiger partial charge in [-0.25, -0.2) is 12.8 Å². The fourth-order valence-electron chi connectivity index (χ4n) is 1.66. The summed E-state index contributed by atoms with van der Waals surface area (Å²) in [6, 6.07) is 4.32. The molecule has 0 radical (unpaired) electrons. The third kappa shape index (κ3) is 5.01. The summed E-state index contributed by atoms with van der Waals surface area (Å²) < 4.78 is 36.4. The van der Waals surface area contributed by atoms with Gasteiger partial charge < -0.3 is 0 Å². The Kier molecular flexibility index (Phi) is 5.71. The number of hydrogen-bond acceptors (Lipinski definition) is 4. The summed E-state index contributed by atoms with van der Waals surface area (Å²) in [4.78, 5) is 0. The van der Waals surface area contributed by atoms with Crippen molar-refractivity contribution in [2.75, 3.05) is 12.0 Å². The second-order valence-electron chi connectivity index (χ2n) is 4.16. The van der Waals surface area contributed by atoms with Crippen molar-refractivity contribution in [1.29, 1.82) is 0 Å². The molecule has 7 heteroatoms. The minimum absolute atomic E-state index is 0.0727. The third-order valence-corrected chi connectivity index (χ3v) is 4.07. The molecule has 0 heterocycles. The van der Waals surface area contributed by atoms with E-state index < -0.39 is 9.84 Å². The van der Waals surface area contributed by atoms with Crippen LogP contribution in [0.5, 0.6) is 0 Å². The van der Waals surface area contributed by atoms with E-state index in [4.69, 9.17) is 5.84 Å². The van der Waals surface area contributed by atoms with Gasteiger partial charge >= 0.3 is 0 Å². The molecule has 0 saturated carbocycles. The van der Waals surface area contributed by atoms with Gasteiger partial charge in [0.25, 0.3) is 0 Å². The summed E-state index contributed by atoms with van der Waals surface area (Å²) in [6.07, 6.45) is 2.07. The van der Waals surface area contributed by atoms with Crippen LogP contribution in [0.3, 0.4) is 0 Å². The summed E-state index contributed by atoms with van der Waals surface area (Å²) in [6.45, 7) is 0. The van der Waals surface area contributed by atoms with Gasteiger partial charge in [0.05, 0.1) is 0 Å². The van der Waals surface area contributed by atoms with Crippen molar-refractivity contribution in [3.8, 4) is 0 Å². The Balaban J connectivity index is 2.71. The predicted molar refractivity (Wildman–Crippen MR) is 73.1 cm³/mol. The van der Waals surface area contributed by atoms with Crippen LogP contribution in [0.25, 0.3) is 0 Å². The normalized spacial score (nSPS) is 13.6. The lowest BCUT2D eigenvalue weighted by Crippen LogP contribution is -2.29. The maximum atomic E-state index is 13.7. The maximum Gasteiger partial charge on any atom is 0.147 e. The molecule has 1 aromatic rings. The van der Waals surface area contributed by atoms with Crippen LogP contribution < -0.4 is 11.3 Å². The molecule has 0 aromatic heterocycles. The van der Waals surface area contributed by atoms with Gasteiger partial charge in [0, 0.05) is 28.1 Å². The highest BCUT2D eigenvalue weighted by Crippen LogP contribution is 2.23. The van der Waals surface area contributed by atoms with E-state index in [0.717, 1.165) is 0 Å². The Morgan fingerprint density at radius 3 is 2.67 bits per heavy atom. The zero-order chi connectivity index (χ0) is 13.8. The molecule has 18 heavy (non-hydrogen) atoms. The van der Waals surface area contributed by atoms with Gasteiger partial charge in [-0.15, -0.1) is 0 Å². The SMILES string of the molecule is CS(=O)(=O)CCCC(NN)c1ccc(Br)cc1F. The standard InChI is InChI=1S/C11H16BrFN2O2S/c1-18(16,17)6-2-3-11(15-14)9-5-4-8(12)7-10(9)13/h4-5,7,11,15H,2-3,6,14H2,1H3. The molecule has 3 N–H and O–H groups in total. The van der Waals surface area contributed by atoms with E-state index in [0.29, 0.717) is 22.9 Å². The van der Waals surface area contributed by atoms with Crippen molar-refractivity contribution in [1.82, 2.24) is 5.43 Å². The average Bonchev–Trinajstić information content (AvgIpc) is 2.24. The van der Waals surface area contributed by atoms with Gasteiger partial charge in [-0.2, -0.15) is 0 Å². The Hall–Kier alpha value is -0.500. The Morgan fingerprint density at radius 1 is 1.50 bits per heavy atom. The van der Waals surface area contributed by atoms with Crippen molar-refractivity contribution in [3.63, 3.8) is 0 Å². The van der Waals surface area contributed by atoms with Crippen LogP contribution in [-0.4, -0.2) is 20.4 Å². The molecule has 0 aliphatic heterocycles. The first-order valence-corrected chi connectivity index (χ1v) is 8.27. The second-order valence-corrected chi connectivity index (χ2v) is 7.33. The monoisotopic (exact) mass is 338 g/mol. The molecule has 102 valence electrons. The zero-order valence-corrected chi connectivity index (χ0v) is 12.4. The highest BCUT2D eigenvalue weighted by atomic mass is 79.9. The number of nitrogens with two attached hydrogens (primary N) is 1. The molecule has 0 bridgehead atoms. The molecule has 4 nitrogen and oxygen atoms in total. The van der Waals surface area contributed by atoms with Crippen LogP contribution >= 0.6 is 15.9 Å². The minimum atomic E-state index is -3.00. The molecule has 0 saturated heterocycles. The Labute approximate surface area is 115 Å². The van der Waals surface area contributed by atoms with Crippen molar-refractivity contribution in [2.45, 2.75) is 18.9 Å². The number of benzene rings is 1. The van der Waals surface area contributed by atoms with Crippen LogP contribution in [0.2, 0.25) is 0 Å². The fraction of sp³-hybridized carbons (Fsp3) is 0.455. The van der Waals surface area contributed by atoms with Gasteiger partial charge in [0.1, 0.15) is 15.7 Å². The molecule has 0 amide bonds. The van der Waals surface area contributed by atoms with Crippen molar-refractivity contribution < 1.29 is 12.8 Å². The van der Waals surface area contributed by atoms with Gasteiger partial charge in [-0.3, -0.25) is 11.3 Å². The number of sulfone groups is 1. The molecule has 0 fully saturated rings. The van der Waals surface area contributed by atoms with E-state index in [-0.39, 0.29) is 17.6 Å². The van der Waals surface area contributed by atoms with E-state index in [1.807, 2.05) is 0 Å². The van der Waals surface area contributed by atoms with E-state index in [1.165, 1.54) is 12.3 Å². The van der Waals surface area contributed by atoms with Crippen molar-refractivity contribution in [3.05, 3.63) is 34.1 Å². The number of hydrazine groups is 1. The Bertz CT molecular complexity index is 508. The first-order valence-electron chi connectivity index (χ1n) is 5.42. The van der Waals surface area contributed by atoms with Crippen LogP contribution in [-0.2, 0) is 9.84 Å². The summed E-state index contributed by atoms with van der Waals surface area (Å²) in [5.41, 5.74) is 2.95. The number of nitrogens with one attached hydrogen (secondary N) is 1. The molecule has 1 aromatic carbocycles. The molecule has 1 rings (SSSR count). The quantitative estimate of drug-likeness (QED) is 0.614. The highest BCUT2D eigenvalue weighted by Gasteiger charge is 2.15. The summed E-state index contributed by atoms with van der Waals surface area (Å²) in [5.74, 6) is 5.09. The second kappa shape index (κ2) is 6.60. The van der Waals surface area contributed by atoms with Crippen LogP contribution in [0, 0.1) is 5.82 Å². The molecular formula is C11H16BrFN2O2S. The predicted octanol–water partition coefficient (Wildman–Crippen LogP) is 1.92. The lowest BCUT2D eigenvalue weighted by atomic mass is 10.0. The van der Waals surface area contributed by atoms with Crippen LogP contribution in [0.15, 0.2) is 22.7 Å².